The molecule has 24 heavy (non-hydrogen) atoms. The summed E-state index contributed by atoms with van der Waals surface area (Å²) in [6, 6.07) is 15.5. The van der Waals surface area contributed by atoms with E-state index in [-0.39, 0.29) is 21.4 Å². The van der Waals surface area contributed by atoms with Crippen molar-refractivity contribution in [3.8, 4) is 5.88 Å². The molecule has 0 unspecified atom stereocenters. The number of rotatable bonds is 5. The Morgan fingerprint density at radius 2 is 1.62 bits per heavy atom. The highest BCUT2D eigenvalue weighted by molar-refractivity contribution is 7.90. The van der Waals surface area contributed by atoms with Crippen LogP contribution < -0.4 is 4.87 Å². The summed E-state index contributed by atoms with van der Waals surface area (Å²) in [5, 5.41) is 9.60. The number of nitrogens with one attached hydrogen (secondary N) is 1. The van der Waals surface area contributed by atoms with E-state index >= 15 is 0 Å². The molecule has 3 rings (SSSR count). The molecule has 0 aliphatic carbocycles. The third-order valence-electron chi connectivity index (χ3n) is 3.55. The van der Waals surface area contributed by atoms with E-state index in [0.717, 1.165) is 22.5 Å². The quantitative estimate of drug-likeness (QED) is 0.731. The summed E-state index contributed by atoms with van der Waals surface area (Å²) in [5.41, 5.74) is 1.56. The van der Waals surface area contributed by atoms with Gasteiger partial charge in [0.25, 0.3) is 0 Å². The number of benzene rings is 2. The molecule has 5 nitrogen and oxygen atoms in total. The highest BCUT2D eigenvalue weighted by atomic mass is 32.2. The molecule has 0 fully saturated rings. The maximum absolute atomic E-state index is 12.4. The summed E-state index contributed by atoms with van der Waals surface area (Å²) in [6.45, 7) is 0. The highest BCUT2D eigenvalue weighted by Crippen LogP contribution is 2.22. The average molecular weight is 361 g/mol. The summed E-state index contributed by atoms with van der Waals surface area (Å²) in [6.07, 6.45) is 0.369. The summed E-state index contributed by atoms with van der Waals surface area (Å²) >= 11 is 0.941. The van der Waals surface area contributed by atoms with Crippen LogP contribution in [0.25, 0.3) is 0 Å². The van der Waals surface area contributed by atoms with Crippen LogP contribution in [0.4, 0.5) is 0 Å². The van der Waals surface area contributed by atoms with Gasteiger partial charge in [-0.25, -0.2) is 8.42 Å². The Morgan fingerprint density at radius 1 is 0.958 bits per heavy atom. The predicted octanol–water partition coefficient (Wildman–Crippen LogP) is 2.71. The summed E-state index contributed by atoms with van der Waals surface area (Å²) in [7, 11) is -3.41. The van der Waals surface area contributed by atoms with Crippen molar-refractivity contribution < 1.29 is 13.5 Å². The minimum atomic E-state index is -3.41. The maximum Gasteiger partial charge on any atom is 0.307 e. The van der Waals surface area contributed by atoms with Crippen LogP contribution >= 0.6 is 11.3 Å². The lowest BCUT2D eigenvalue weighted by atomic mass is 10.1. The number of thiazole rings is 1. The second-order valence-electron chi connectivity index (χ2n) is 5.35. The fourth-order valence-electron chi connectivity index (χ4n) is 2.35. The van der Waals surface area contributed by atoms with Crippen molar-refractivity contribution in [1.29, 1.82) is 0 Å². The second kappa shape index (κ2) is 6.62. The molecular weight excluding hydrogens is 346 g/mol. The van der Waals surface area contributed by atoms with Gasteiger partial charge in [0.05, 0.1) is 15.5 Å². The van der Waals surface area contributed by atoms with E-state index in [1.54, 1.807) is 36.4 Å². The van der Waals surface area contributed by atoms with Gasteiger partial charge >= 0.3 is 4.87 Å². The van der Waals surface area contributed by atoms with E-state index in [1.807, 2.05) is 18.2 Å². The number of aromatic amines is 1. The fraction of sp³-hybridized carbons (Fsp3) is 0.118. The average Bonchev–Trinajstić information content (AvgIpc) is 2.86. The Kier molecular flexibility index (Phi) is 4.55. The van der Waals surface area contributed by atoms with Gasteiger partial charge in [0.2, 0.25) is 5.88 Å². The monoisotopic (exact) mass is 361 g/mol. The molecule has 1 aromatic heterocycles. The number of H-pyrrole nitrogens is 1. The van der Waals surface area contributed by atoms with Crippen molar-refractivity contribution in [2.45, 2.75) is 17.1 Å². The van der Waals surface area contributed by atoms with Crippen molar-refractivity contribution in [3.05, 3.63) is 80.3 Å². The molecule has 0 bridgehead atoms. The Hall–Kier alpha value is -2.38. The molecule has 0 radical (unpaired) electrons. The summed E-state index contributed by atoms with van der Waals surface area (Å²) in [5.74, 6) is -0.182. The van der Waals surface area contributed by atoms with Crippen LogP contribution in [0.2, 0.25) is 0 Å². The van der Waals surface area contributed by atoms with E-state index in [4.69, 9.17) is 0 Å². The van der Waals surface area contributed by atoms with Gasteiger partial charge in [-0.2, -0.15) is 0 Å². The van der Waals surface area contributed by atoms with Gasteiger partial charge in [-0.05, 0) is 23.3 Å². The van der Waals surface area contributed by atoms with Crippen LogP contribution in [-0.4, -0.2) is 18.5 Å². The number of hydrogen-bond donors (Lipinski definition) is 2. The summed E-state index contributed by atoms with van der Waals surface area (Å²) in [4.78, 5) is 14.0. The van der Waals surface area contributed by atoms with Crippen molar-refractivity contribution >= 4 is 21.2 Å². The van der Waals surface area contributed by atoms with Gasteiger partial charge in [-0.15, -0.1) is 0 Å². The molecule has 0 aliphatic rings. The lowest BCUT2D eigenvalue weighted by Gasteiger charge is -2.06. The molecular formula is C17H15NO4S2. The lowest BCUT2D eigenvalue weighted by Crippen LogP contribution is -2.05. The smallest absolute Gasteiger partial charge is 0.307 e. The molecule has 0 saturated heterocycles. The minimum absolute atomic E-state index is 0.0482. The van der Waals surface area contributed by atoms with Crippen molar-refractivity contribution in [1.82, 2.24) is 4.98 Å². The normalized spacial score (nSPS) is 11.5. The zero-order valence-corrected chi connectivity index (χ0v) is 14.2. The van der Waals surface area contributed by atoms with Gasteiger partial charge in [0.15, 0.2) is 9.84 Å². The van der Waals surface area contributed by atoms with Gasteiger partial charge in [0, 0.05) is 6.42 Å². The summed E-state index contributed by atoms with van der Waals surface area (Å²) < 4.78 is 24.9. The van der Waals surface area contributed by atoms with Gasteiger partial charge in [0.1, 0.15) is 0 Å². The van der Waals surface area contributed by atoms with E-state index in [2.05, 4.69) is 4.98 Å². The Morgan fingerprint density at radius 3 is 2.21 bits per heavy atom. The number of hydrogen-bond acceptors (Lipinski definition) is 5. The van der Waals surface area contributed by atoms with Crippen molar-refractivity contribution in [3.63, 3.8) is 0 Å². The van der Waals surface area contributed by atoms with E-state index in [0.29, 0.717) is 11.3 Å². The third-order valence-corrected chi connectivity index (χ3v) is 6.12. The highest BCUT2D eigenvalue weighted by Gasteiger charge is 2.15. The standard InChI is InChI=1S/C17H15NO4S2/c19-16-15(23-17(20)18-16)10-12-6-8-14(9-7-12)24(21,22)11-13-4-2-1-3-5-13/h1-9,19H,10-11H2,(H,18,20). The molecule has 0 amide bonds. The first-order valence-electron chi connectivity index (χ1n) is 7.20. The van der Waals surface area contributed by atoms with E-state index in [9.17, 15) is 18.3 Å². The van der Waals surface area contributed by atoms with Crippen LogP contribution in [0.3, 0.4) is 0 Å². The van der Waals surface area contributed by atoms with Gasteiger partial charge < -0.3 is 5.11 Å². The molecule has 0 spiro atoms. The van der Waals surface area contributed by atoms with Crippen LogP contribution in [0.5, 0.6) is 5.88 Å². The van der Waals surface area contributed by atoms with Crippen LogP contribution in [0.15, 0.2) is 64.3 Å². The molecule has 3 aromatic rings. The van der Waals surface area contributed by atoms with Crippen LogP contribution in [0, 0.1) is 0 Å². The molecule has 1 heterocycles. The molecule has 2 aromatic carbocycles. The molecule has 2 N–H and O–H groups in total. The number of aromatic nitrogens is 1. The number of aromatic hydroxyl groups is 1. The first-order valence-corrected chi connectivity index (χ1v) is 9.67. The third kappa shape index (κ3) is 3.74. The van der Waals surface area contributed by atoms with Gasteiger partial charge in [-0.3, -0.25) is 9.78 Å². The molecule has 124 valence electrons. The zero-order valence-electron chi connectivity index (χ0n) is 12.6. The minimum Gasteiger partial charge on any atom is -0.494 e. The Bertz CT molecular complexity index is 987. The first-order chi connectivity index (χ1) is 11.4. The molecule has 0 atom stereocenters. The van der Waals surface area contributed by atoms with Gasteiger partial charge in [-0.1, -0.05) is 53.8 Å². The Balaban J connectivity index is 1.78. The molecule has 0 saturated carbocycles. The van der Waals surface area contributed by atoms with Crippen molar-refractivity contribution in [2.24, 2.45) is 0 Å². The van der Waals surface area contributed by atoms with Crippen LogP contribution in [-0.2, 0) is 22.0 Å². The maximum atomic E-state index is 12.4. The predicted molar refractivity (Wildman–Crippen MR) is 93.2 cm³/mol. The largest absolute Gasteiger partial charge is 0.494 e. The molecule has 0 aliphatic heterocycles. The first kappa shape index (κ1) is 16.5. The number of sulfone groups is 1. The Labute approximate surface area is 143 Å². The zero-order chi connectivity index (χ0) is 17.2. The second-order valence-corrected chi connectivity index (χ2v) is 8.41. The fourth-order valence-corrected chi connectivity index (χ4v) is 4.46. The topological polar surface area (TPSA) is 87.2 Å². The van der Waals surface area contributed by atoms with Crippen LogP contribution in [0.1, 0.15) is 16.0 Å². The van der Waals surface area contributed by atoms with E-state index in [1.165, 1.54) is 0 Å². The SMILES string of the molecule is O=c1[nH]c(O)c(Cc2ccc(S(=O)(=O)Cc3ccccc3)cc2)s1. The van der Waals surface area contributed by atoms with E-state index < -0.39 is 9.84 Å². The molecule has 7 heteroatoms. The lowest BCUT2D eigenvalue weighted by molar-refractivity contribution is 0.451. The van der Waals surface area contributed by atoms with Crippen molar-refractivity contribution in [2.75, 3.05) is 0 Å².